The number of carbonyl (C=O) groups excluding carboxylic acids is 1. The Morgan fingerprint density at radius 2 is 2.25 bits per heavy atom. The van der Waals surface area contributed by atoms with Crippen molar-refractivity contribution < 1.29 is 9.32 Å². The quantitative estimate of drug-likeness (QED) is 0.733. The molecule has 1 amide bonds. The number of thiophene rings is 1. The summed E-state index contributed by atoms with van der Waals surface area (Å²) in [5.41, 5.74) is 3.43. The van der Waals surface area contributed by atoms with Gasteiger partial charge >= 0.3 is 0 Å². The van der Waals surface area contributed by atoms with Crippen LogP contribution in [-0.4, -0.2) is 27.5 Å². The van der Waals surface area contributed by atoms with E-state index in [1.165, 1.54) is 11.1 Å². The van der Waals surface area contributed by atoms with E-state index in [4.69, 9.17) is 4.52 Å². The standard InChI is InChI=1S/C18H17N3O2S/c1-12(22)21-8-6-13-4-2-3-5-15(13)16(21)10-17-19-18(20-23-17)14-7-9-24-11-14/h2-5,7,9,11,16H,6,8,10H2,1H3/t16-/m1/s1. The van der Waals surface area contributed by atoms with Gasteiger partial charge in [0.25, 0.3) is 0 Å². The zero-order chi connectivity index (χ0) is 16.5. The van der Waals surface area contributed by atoms with E-state index in [0.717, 1.165) is 18.5 Å². The maximum Gasteiger partial charge on any atom is 0.229 e. The molecule has 24 heavy (non-hydrogen) atoms. The van der Waals surface area contributed by atoms with Crippen LogP contribution in [0.2, 0.25) is 0 Å². The van der Waals surface area contributed by atoms with Gasteiger partial charge < -0.3 is 9.42 Å². The second kappa shape index (κ2) is 6.20. The van der Waals surface area contributed by atoms with Gasteiger partial charge in [0.05, 0.1) is 12.5 Å². The van der Waals surface area contributed by atoms with E-state index in [9.17, 15) is 4.79 Å². The van der Waals surface area contributed by atoms with Crippen LogP contribution in [0.4, 0.5) is 0 Å². The minimum absolute atomic E-state index is 0.0526. The highest BCUT2D eigenvalue weighted by Gasteiger charge is 2.30. The molecule has 2 aromatic heterocycles. The summed E-state index contributed by atoms with van der Waals surface area (Å²) < 4.78 is 5.44. The van der Waals surface area contributed by atoms with Gasteiger partial charge in [-0.1, -0.05) is 29.4 Å². The zero-order valence-corrected chi connectivity index (χ0v) is 14.1. The number of carbonyl (C=O) groups is 1. The van der Waals surface area contributed by atoms with Crippen LogP contribution >= 0.6 is 11.3 Å². The first-order valence-corrected chi connectivity index (χ1v) is 8.87. The number of hydrogen-bond donors (Lipinski definition) is 0. The molecule has 1 atom stereocenters. The van der Waals surface area contributed by atoms with Crippen molar-refractivity contribution in [2.45, 2.75) is 25.8 Å². The van der Waals surface area contributed by atoms with Crippen LogP contribution in [0.1, 0.15) is 30.0 Å². The van der Waals surface area contributed by atoms with Crippen LogP contribution in [0.3, 0.4) is 0 Å². The molecular weight excluding hydrogens is 322 g/mol. The van der Waals surface area contributed by atoms with Gasteiger partial charge in [-0.25, -0.2) is 0 Å². The molecule has 0 saturated carbocycles. The lowest BCUT2D eigenvalue weighted by atomic mass is 9.90. The van der Waals surface area contributed by atoms with Crippen molar-refractivity contribution in [3.05, 3.63) is 58.1 Å². The second-order valence-corrected chi connectivity index (χ2v) is 6.68. The molecule has 6 heteroatoms. The summed E-state index contributed by atoms with van der Waals surface area (Å²) in [4.78, 5) is 18.5. The average Bonchev–Trinajstić information content (AvgIpc) is 3.26. The van der Waals surface area contributed by atoms with Crippen LogP contribution in [-0.2, 0) is 17.6 Å². The Kier molecular flexibility index (Phi) is 3.90. The highest BCUT2D eigenvalue weighted by atomic mass is 32.1. The highest BCUT2D eigenvalue weighted by molar-refractivity contribution is 7.08. The van der Waals surface area contributed by atoms with Crippen LogP contribution in [0.25, 0.3) is 11.4 Å². The lowest BCUT2D eigenvalue weighted by Crippen LogP contribution is -2.39. The van der Waals surface area contributed by atoms with Gasteiger partial charge in [0.15, 0.2) is 0 Å². The Bertz CT molecular complexity index is 857. The molecule has 0 saturated heterocycles. The van der Waals surface area contributed by atoms with Crippen molar-refractivity contribution in [3.8, 4) is 11.4 Å². The number of fused-ring (bicyclic) bond motifs is 1. The summed E-state index contributed by atoms with van der Waals surface area (Å²) in [5.74, 6) is 1.24. The second-order valence-electron chi connectivity index (χ2n) is 5.90. The monoisotopic (exact) mass is 339 g/mol. The lowest BCUT2D eigenvalue weighted by Gasteiger charge is -2.36. The van der Waals surface area contributed by atoms with E-state index < -0.39 is 0 Å². The largest absolute Gasteiger partial charge is 0.339 e. The molecule has 3 aromatic rings. The molecule has 0 bridgehead atoms. The molecule has 0 fully saturated rings. The maximum atomic E-state index is 12.1. The van der Waals surface area contributed by atoms with Crippen molar-refractivity contribution in [3.63, 3.8) is 0 Å². The van der Waals surface area contributed by atoms with Crippen molar-refractivity contribution in [2.75, 3.05) is 6.54 Å². The summed E-state index contributed by atoms with van der Waals surface area (Å²) in [6, 6.07) is 10.2. The summed E-state index contributed by atoms with van der Waals surface area (Å²) >= 11 is 1.60. The predicted molar refractivity (Wildman–Crippen MR) is 91.6 cm³/mol. The van der Waals surface area contributed by atoms with Crippen molar-refractivity contribution in [2.24, 2.45) is 0 Å². The molecule has 0 radical (unpaired) electrons. The Morgan fingerprint density at radius 1 is 1.38 bits per heavy atom. The van der Waals surface area contributed by atoms with Crippen molar-refractivity contribution in [1.82, 2.24) is 15.0 Å². The summed E-state index contributed by atoms with van der Waals surface area (Å²) in [6.45, 7) is 2.34. The van der Waals surface area contributed by atoms with E-state index in [-0.39, 0.29) is 11.9 Å². The number of nitrogens with zero attached hydrogens (tertiary/aromatic N) is 3. The van der Waals surface area contributed by atoms with Gasteiger partial charge in [-0.3, -0.25) is 4.79 Å². The number of aromatic nitrogens is 2. The van der Waals surface area contributed by atoms with Crippen LogP contribution in [0.5, 0.6) is 0 Å². The van der Waals surface area contributed by atoms with Gasteiger partial charge in [-0.2, -0.15) is 16.3 Å². The van der Waals surface area contributed by atoms with Gasteiger partial charge in [0, 0.05) is 24.4 Å². The van der Waals surface area contributed by atoms with Gasteiger partial charge in [-0.15, -0.1) is 0 Å². The lowest BCUT2D eigenvalue weighted by molar-refractivity contribution is -0.131. The van der Waals surface area contributed by atoms with Gasteiger partial charge in [0.2, 0.25) is 17.6 Å². The molecule has 5 nitrogen and oxygen atoms in total. The van der Waals surface area contributed by atoms with Crippen LogP contribution in [0.15, 0.2) is 45.6 Å². The molecular formula is C18H17N3O2S. The average molecular weight is 339 g/mol. The minimum atomic E-state index is -0.0526. The Labute approximate surface area is 143 Å². The van der Waals surface area contributed by atoms with Crippen LogP contribution in [0, 0.1) is 0 Å². The molecule has 1 aliphatic rings. The minimum Gasteiger partial charge on any atom is -0.339 e. The molecule has 122 valence electrons. The number of benzene rings is 1. The molecule has 0 N–H and O–H groups in total. The smallest absolute Gasteiger partial charge is 0.229 e. The SMILES string of the molecule is CC(=O)N1CCc2ccccc2[C@H]1Cc1nc(-c2ccsc2)no1. The first-order chi connectivity index (χ1) is 11.7. The first kappa shape index (κ1) is 15.1. The molecule has 4 rings (SSSR count). The van der Waals surface area contributed by atoms with Gasteiger partial charge in [0.1, 0.15) is 0 Å². The molecule has 0 spiro atoms. The van der Waals surface area contributed by atoms with E-state index >= 15 is 0 Å². The first-order valence-electron chi connectivity index (χ1n) is 7.92. The predicted octanol–water partition coefficient (Wildman–Crippen LogP) is 3.49. The normalized spacial score (nSPS) is 16.9. The summed E-state index contributed by atoms with van der Waals surface area (Å²) in [7, 11) is 0. The van der Waals surface area contributed by atoms with Crippen molar-refractivity contribution in [1.29, 1.82) is 0 Å². The van der Waals surface area contributed by atoms with E-state index in [0.29, 0.717) is 18.1 Å². The Balaban J connectivity index is 1.65. The fourth-order valence-corrected chi connectivity index (χ4v) is 3.90. The zero-order valence-electron chi connectivity index (χ0n) is 13.3. The fourth-order valence-electron chi connectivity index (χ4n) is 3.26. The Morgan fingerprint density at radius 3 is 3.04 bits per heavy atom. The molecule has 3 heterocycles. The molecule has 1 aliphatic heterocycles. The van der Waals surface area contributed by atoms with Crippen LogP contribution < -0.4 is 0 Å². The molecule has 1 aromatic carbocycles. The van der Waals surface area contributed by atoms with E-state index in [1.807, 2.05) is 33.9 Å². The van der Waals surface area contributed by atoms with E-state index in [1.54, 1.807) is 18.3 Å². The van der Waals surface area contributed by atoms with Gasteiger partial charge in [-0.05, 0) is 29.0 Å². The topological polar surface area (TPSA) is 59.2 Å². The number of amides is 1. The Hall–Kier alpha value is -2.47. The fraction of sp³-hybridized carbons (Fsp3) is 0.278. The third-order valence-corrected chi connectivity index (χ3v) is 5.12. The summed E-state index contributed by atoms with van der Waals surface area (Å²) in [6.07, 6.45) is 1.42. The number of rotatable bonds is 3. The van der Waals surface area contributed by atoms with E-state index in [2.05, 4.69) is 22.3 Å². The number of hydrogen-bond acceptors (Lipinski definition) is 5. The maximum absolute atomic E-state index is 12.1. The van der Waals surface area contributed by atoms with Crippen molar-refractivity contribution >= 4 is 17.2 Å². The third kappa shape index (κ3) is 2.73. The third-order valence-electron chi connectivity index (χ3n) is 4.43. The molecule has 0 unspecified atom stereocenters. The molecule has 0 aliphatic carbocycles. The highest BCUT2D eigenvalue weighted by Crippen LogP contribution is 2.32. The summed E-state index contributed by atoms with van der Waals surface area (Å²) in [5, 5.41) is 8.05.